The lowest BCUT2D eigenvalue weighted by Gasteiger charge is -2.23. The number of amides is 1. The summed E-state index contributed by atoms with van der Waals surface area (Å²) in [6, 6.07) is 4.31. The number of pyridine rings is 1. The number of hydrogen-bond acceptors (Lipinski definition) is 5. The molecule has 4 rings (SSSR count). The van der Waals surface area contributed by atoms with E-state index in [9.17, 15) is 18.0 Å². The van der Waals surface area contributed by atoms with Gasteiger partial charge in [-0.2, -0.15) is 18.3 Å². The van der Waals surface area contributed by atoms with Crippen LogP contribution in [0.1, 0.15) is 33.7 Å². The fourth-order valence-corrected chi connectivity index (χ4v) is 3.68. The zero-order chi connectivity index (χ0) is 21.5. The van der Waals surface area contributed by atoms with Crippen molar-refractivity contribution in [3.05, 3.63) is 53.1 Å². The Labute approximate surface area is 171 Å². The largest absolute Gasteiger partial charge is 0.417 e. The van der Waals surface area contributed by atoms with Gasteiger partial charge in [0.15, 0.2) is 5.65 Å². The monoisotopic (exact) mass is 418 g/mol. The number of fused-ring (bicyclic) bond motifs is 1. The second-order valence-corrected chi connectivity index (χ2v) is 7.37. The van der Waals surface area contributed by atoms with Crippen molar-refractivity contribution < 1.29 is 18.0 Å². The first-order valence-corrected chi connectivity index (χ1v) is 9.63. The van der Waals surface area contributed by atoms with E-state index in [1.54, 1.807) is 9.42 Å². The number of hydrogen-bond donors (Lipinski definition) is 0. The molecule has 0 unspecified atom stereocenters. The molecule has 1 aliphatic rings. The molecule has 0 aromatic carbocycles. The van der Waals surface area contributed by atoms with Gasteiger partial charge >= 0.3 is 6.18 Å². The second kappa shape index (κ2) is 7.58. The molecule has 0 bridgehead atoms. The summed E-state index contributed by atoms with van der Waals surface area (Å²) in [4.78, 5) is 25.2. The van der Waals surface area contributed by atoms with E-state index in [4.69, 9.17) is 0 Å². The fourth-order valence-electron chi connectivity index (χ4n) is 3.68. The highest BCUT2D eigenvalue weighted by molar-refractivity contribution is 5.99. The van der Waals surface area contributed by atoms with Gasteiger partial charge in [0.25, 0.3) is 5.91 Å². The van der Waals surface area contributed by atoms with Gasteiger partial charge < -0.3 is 9.80 Å². The molecule has 158 valence electrons. The lowest BCUT2D eigenvalue weighted by atomic mass is 10.2. The van der Waals surface area contributed by atoms with Crippen LogP contribution in [-0.4, -0.2) is 56.6 Å². The van der Waals surface area contributed by atoms with E-state index in [1.807, 2.05) is 24.8 Å². The average Bonchev–Trinajstić information content (AvgIpc) is 2.96. The zero-order valence-electron chi connectivity index (χ0n) is 16.6. The van der Waals surface area contributed by atoms with Gasteiger partial charge in [-0.3, -0.25) is 4.79 Å². The van der Waals surface area contributed by atoms with Crippen LogP contribution in [0.15, 0.2) is 30.6 Å². The topological polar surface area (TPSA) is 66.6 Å². The molecule has 7 nitrogen and oxygen atoms in total. The number of rotatable bonds is 2. The Hall–Kier alpha value is -3.17. The molecule has 0 aliphatic carbocycles. The number of carbonyl (C=O) groups excluding carboxylic acids is 1. The molecule has 0 atom stereocenters. The summed E-state index contributed by atoms with van der Waals surface area (Å²) in [6.07, 6.45) is -1.35. The first-order chi connectivity index (χ1) is 14.2. The highest BCUT2D eigenvalue weighted by Crippen LogP contribution is 2.29. The molecule has 1 amide bonds. The molecule has 0 N–H and O–H groups in total. The standard InChI is InChI=1S/C20H21F3N6O/c1-13-10-14(2)29-18(26-13)16(12-25-29)19(30)28-7-3-6-27(8-9-28)17-5-4-15(11-24-17)20(21,22)23/h4-5,10-12H,3,6-9H2,1-2H3. The minimum atomic E-state index is -4.41. The molecule has 3 aromatic heterocycles. The normalized spacial score (nSPS) is 15.5. The third-order valence-electron chi connectivity index (χ3n) is 5.19. The Kier molecular flexibility index (Phi) is 5.08. The van der Waals surface area contributed by atoms with Crippen LogP contribution < -0.4 is 4.90 Å². The van der Waals surface area contributed by atoms with E-state index in [-0.39, 0.29) is 5.91 Å². The molecule has 10 heteroatoms. The summed E-state index contributed by atoms with van der Waals surface area (Å²) in [7, 11) is 0. The van der Waals surface area contributed by atoms with E-state index >= 15 is 0 Å². The van der Waals surface area contributed by atoms with Gasteiger partial charge in [0.05, 0.1) is 11.8 Å². The number of carbonyl (C=O) groups is 1. The van der Waals surface area contributed by atoms with Crippen LogP contribution in [0.4, 0.5) is 19.0 Å². The van der Waals surface area contributed by atoms with Crippen LogP contribution in [0.2, 0.25) is 0 Å². The van der Waals surface area contributed by atoms with Crippen molar-refractivity contribution in [3.63, 3.8) is 0 Å². The van der Waals surface area contributed by atoms with Gasteiger partial charge in [-0.15, -0.1) is 0 Å². The number of halogens is 3. The highest BCUT2D eigenvalue weighted by atomic mass is 19.4. The molecular weight excluding hydrogens is 397 g/mol. The van der Waals surface area contributed by atoms with Crippen molar-refractivity contribution in [1.29, 1.82) is 0 Å². The predicted molar refractivity (Wildman–Crippen MR) is 104 cm³/mol. The maximum Gasteiger partial charge on any atom is 0.417 e. The van der Waals surface area contributed by atoms with Crippen LogP contribution >= 0.6 is 0 Å². The Morgan fingerprint density at radius 2 is 1.87 bits per heavy atom. The maximum absolute atomic E-state index is 13.1. The van der Waals surface area contributed by atoms with Crippen molar-refractivity contribution in [3.8, 4) is 0 Å². The van der Waals surface area contributed by atoms with Crippen LogP contribution in [0.25, 0.3) is 5.65 Å². The summed E-state index contributed by atoms with van der Waals surface area (Å²) >= 11 is 0. The molecule has 0 saturated carbocycles. The predicted octanol–water partition coefficient (Wildman–Crippen LogP) is 3.11. The number of alkyl halides is 3. The van der Waals surface area contributed by atoms with Crippen molar-refractivity contribution in [2.75, 3.05) is 31.1 Å². The third-order valence-corrected chi connectivity index (χ3v) is 5.19. The SMILES string of the molecule is Cc1cc(C)n2ncc(C(=O)N3CCCN(c4ccc(C(F)(F)F)cn4)CC3)c2n1. The van der Waals surface area contributed by atoms with E-state index < -0.39 is 11.7 Å². The minimum absolute atomic E-state index is 0.148. The highest BCUT2D eigenvalue weighted by Gasteiger charge is 2.31. The fraction of sp³-hybridized carbons (Fsp3) is 0.400. The van der Waals surface area contributed by atoms with Gasteiger partial charge in [-0.1, -0.05) is 0 Å². The van der Waals surface area contributed by atoms with Crippen LogP contribution in [0.3, 0.4) is 0 Å². The Balaban J connectivity index is 1.50. The molecule has 1 saturated heterocycles. The van der Waals surface area contributed by atoms with Crippen molar-refractivity contribution in [1.82, 2.24) is 24.5 Å². The van der Waals surface area contributed by atoms with Crippen molar-refractivity contribution in [2.45, 2.75) is 26.4 Å². The van der Waals surface area contributed by atoms with Crippen molar-refractivity contribution >= 4 is 17.4 Å². The Bertz CT molecular complexity index is 1080. The number of aryl methyl sites for hydroxylation is 2. The summed E-state index contributed by atoms with van der Waals surface area (Å²) < 4.78 is 39.9. The first-order valence-electron chi connectivity index (χ1n) is 9.63. The molecule has 4 heterocycles. The quantitative estimate of drug-likeness (QED) is 0.640. The number of nitrogens with zero attached hydrogens (tertiary/aromatic N) is 6. The molecule has 1 aliphatic heterocycles. The third kappa shape index (κ3) is 3.81. The molecular formula is C20H21F3N6O. The van der Waals surface area contributed by atoms with E-state index in [2.05, 4.69) is 15.1 Å². The molecule has 1 fully saturated rings. The second-order valence-electron chi connectivity index (χ2n) is 7.37. The summed E-state index contributed by atoms with van der Waals surface area (Å²) in [5, 5.41) is 4.28. The Morgan fingerprint density at radius 1 is 1.07 bits per heavy atom. The van der Waals surface area contributed by atoms with E-state index in [0.717, 1.165) is 23.7 Å². The van der Waals surface area contributed by atoms with E-state index in [1.165, 1.54) is 12.3 Å². The van der Waals surface area contributed by atoms with Gasteiger partial charge in [0, 0.05) is 43.8 Å². The number of aromatic nitrogens is 4. The molecule has 0 spiro atoms. The van der Waals surface area contributed by atoms with Crippen LogP contribution in [-0.2, 0) is 6.18 Å². The summed E-state index contributed by atoms with van der Waals surface area (Å²) in [6.45, 7) is 5.84. The minimum Gasteiger partial charge on any atom is -0.355 e. The average molecular weight is 418 g/mol. The summed E-state index contributed by atoms with van der Waals surface area (Å²) in [5.41, 5.74) is 1.91. The molecule has 0 radical (unpaired) electrons. The lowest BCUT2D eigenvalue weighted by Crippen LogP contribution is -2.35. The van der Waals surface area contributed by atoms with Gasteiger partial charge in [-0.25, -0.2) is 14.5 Å². The lowest BCUT2D eigenvalue weighted by molar-refractivity contribution is -0.137. The maximum atomic E-state index is 13.1. The smallest absolute Gasteiger partial charge is 0.355 e. The number of anilines is 1. The first kappa shape index (κ1) is 20.1. The van der Waals surface area contributed by atoms with Crippen LogP contribution in [0.5, 0.6) is 0 Å². The van der Waals surface area contributed by atoms with Crippen LogP contribution in [0, 0.1) is 13.8 Å². The molecule has 30 heavy (non-hydrogen) atoms. The Morgan fingerprint density at radius 3 is 2.57 bits per heavy atom. The summed E-state index contributed by atoms with van der Waals surface area (Å²) in [5.74, 6) is 0.325. The molecule has 3 aromatic rings. The van der Waals surface area contributed by atoms with Crippen molar-refractivity contribution in [2.24, 2.45) is 0 Å². The van der Waals surface area contributed by atoms with E-state index in [0.29, 0.717) is 49.6 Å². The zero-order valence-corrected chi connectivity index (χ0v) is 16.6. The van der Waals surface area contributed by atoms with Gasteiger partial charge in [0.1, 0.15) is 11.4 Å². The van der Waals surface area contributed by atoms with Gasteiger partial charge in [0.2, 0.25) is 0 Å². The van der Waals surface area contributed by atoms with Gasteiger partial charge in [-0.05, 0) is 38.5 Å².